The van der Waals surface area contributed by atoms with Gasteiger partial charge in [-0.15, -0.1) is 11.3 Å². The molecule has 0 spiro atoms. The fraction of sp³-hybridized carbons (Fsp3) is 0.375. The van der Waals surface area contributed by atoms with Gasteiger partial charge in [0.15, 0.2) is 6.61 Å². The molecule has 0 radical (unpaired) electrons. The van der Waals surface area contributed by atoms with Crippen LogP contribution in [0.5, 0.6) is 5.75 Å². The molecule has 1 heterocycles. The summed E-state index contributed by atoms with van der Waals surface area (Å²) in [5.74, 6) is 0.132. The summed E-state index contributed by atoms with van der Waals surface area (Å²) in [4.78, 5) is 14.9. The van der Waals surface area contributed by atoms with E-state index in [0.29, 0.717) is 11.7 Å². The zero-order chi connectivity index (χ0) is 15.2. The van der Waals surface area contributed by atoms with Crippen LogP contribution in [0.1, 0.15) is 23.2 Å². The van der Waals surface area contributed by atoms with Crippen molar-refractivity contribution in [1.82, 2.24) is 4.98 Å². The molecule has 0 amide bonds. The number of hydrogen-bond donors (Lipinski definition) is 1. The van der Waals surface area contributed by atoms with Gasteiger partial charge in [0.05, 0.1) is 10.7 Å². The van der Waals surface area contributed by atoms with Crippen molar-refractivity contribution >= 4 is 17.3 Å². The van der Waals surface area contributed by atoms with Crippen LogP contribution < -0.4 is 4.74 Å². The van der Waals surface area contributed by atoms with Gasteiger partial charge < -0.3 is 9.84 Å². The Morgan fingerprint density at radius 2 is 2.05 bits per heavy atom. The number of ether oxygens (including phenoxy) is 1. The first-order valence-electron chi connectivity index (χ1n) is 6.87. The molecule has 0 saturated carbocycles. The summed E-state index contributed by atoms with van der Waals surface area (Å²) in [6.07, 6.45) is 1.94. The van der Waals surface area contributed by atoms with Gasteiger partial charge in [0.25, 0.3) is 0 Å². The second-order valence-corrected chi connectivity index (χ2v) is 6.26. The second kappa shape index (κ2) is 7.22. The second-order valence-electron chi connectivity index (χ2n) is 5.20. The van der Waals surface area contributed by atoms with Crippen molar-refractivity contribution in [3.63, 3.8) is 0 Å². The molecule has 112 valence electrons. The fourth-order valence-electron chi connectivity index (χ4n) is 2.20. The van der Waals surface area contributed by atoms with Crippen LogP contribution in [0.2, 0.25) is 0 Å². The number of carboxylic acid groups (broad SMARTS) is 1. The lowest BCUT2D eigenvalue weighted by Gasteiger charge is -2.10. The van der Waals surface area contributed by atoms with Gasteiger partial charge in [-0.05, 0) is 43.4 Å². The Labute approximate surface area is 128 Å². The molecule has 0 bridgehead atoms. The third-order valence-electron chi connectivity index (χ3n) is 3.09. The van der Waals surface area contributed by atoms with Crippen LogP contribution in [0.15, 0.2) is 29.6 Å². The maximum atomic E-state index is 10.4. The summed E-state index contributed by atoms with van der Waals surface area (Å²) >= 11 is 1.69. The molecule has 0 saturated heterocycles. The first kappa shape index (κ1) is 15.5. The highest BCUT2D eigenvalue weighted by Crippen LogP contribution is 2.18. The Morgan fingerprint density at radius 1 is 1.33 bits per heavy atom. The molecule has 0 fully saturated rings. The van der Waals surface area contributed by atoms with E-state index >= 15 is 0 Å². The number of thiazole rings is 1. The van der Waals surface area contributed by atoms with Crippen molar-refractivity contribution in [2.24, 2.45) is 5.92 Å². The summed E-state index contributed by atoms with van der Waals surface area (Å²) in [7, 11) is 0. The normalized spacial score (nSPS) is 12.1. The van der Waals surface area contributed by atoms with Crippen molar-refractivity contribution in [2.45, 2.75) is 26.7 Å². The SMILES string of the molecule is Cc1nc(C[C@@H](C)Cc2ccc(OCC(=O)O)cc2)cs1. The molecule has 1 aromatic carbocycles. The third kappa shape index (κ3) is 5.19. The van der Waals surface area contributed by atoms with Crippen molar-refractivity contribution in [1.29, 1.82) is 0 Å². The van der Waals surface area contributed by atoms with Crippen LogP contribution in [0.3, 0.4) is 0 Å². The van der Waals surface area contributed by atoms with Gasteiger partial charge in [0.2, 0.25) is 0 Å². The van der Waals surface area contributed by atoms with Crippen LogP contribution in [0.4, 0.5) is 0 Å². The standard InChI is InChI=1S/C16H19NO3S/c1-11(8-14-10-21-12(2)17-14)7-13-3-5-15(6-4-13)20-9-16(18)19/h3-6,10-11H,7-9H2,1-2H3,(H,18,19)/t11-/m0/s1. The lowest BCUT2D eigenvalue weighted by atomic mass is 9.97. The van der Waals surface area contributed by atoms with Crippen molar-refractivity contribution in [3.8, 4) is 5.75 Å². The van der Waals surface area contributed by atoms with Crippen molar-refractivity contribution < 1.29 is 14.6 Å². The van der Waals surface area contributed by atoms with Crippen LogP contribution in [0.25, 0.3) is 0 Å². The zero-order valence-corrected chi connectivity index (χ0v) is 13.0. The Bertz CT molecular complexity index is 592. The van der Waals surface area contributed by atoms with Gasteiger partial charge in [-0.1, -0.05) is 19.1 Å². The summed E-state index contributed by atoms with van der Waals surface area (Å²) in [5, 5.41) is 11.8. The Balaban J connectivity index is 1.86. The monoisotopic (exact) mass is 305 g/mol. The van der Waals surface area contributed by atoms with E-state index in [9.17, 15) is 4.79 Å². The summed E-state index contributed by atoms with van der Waals surface area (Å²) < 4.78 is 5.12. The Morgan fingerprint density at radius 3 is 2.62 bits per heavy atom. The molecule has 4 nitrogen and oxygen atoms in total. The van der Waals surface area contributed by atoms with Gasteiger partial charge >= 0.3 is 5.97 Å². The first-order valence-corrected chi connectivity index (χ1v) is 7.75. The fourth-order valence-corrected chi connectivity index (χ4v) is 2.83. The Kier molecular flexibility index (Phi) is 5.33. The quantitative estimate of drug-likeness (QED) is 0.852. The third-order valence-corrected chi connectivity index (χ3v) is 3.92. The molecule has 2 rings (SSSR count). The predicted molar refractivity (Wildman–Crippen MR) is 83.0 cm³/mol. The highest BCUT2D eigenvalue weighted by atomic mass is 32.1. The summed E-state index contributed by atoms with van der Waals surface area (Å²) in [6.45, 7) is 3.93. The van der Waals surface area contributed by atoms with Gasteiger partial charge in [-0.3, -0.25) is 0 Å². The minimum Gasteiger partial charge on any atom is -0.482 e. The van der Waals surface area contributed by atoms with Crippen LogP contribution >= 0.6 is 11.3 Å². The maximum Gasteiger partial charge on any atom is 0.341 e. The number of aliphatic carboxylic acids is 1. The van der Waals surface area contributed by atoms with Crippen LogP contribution in [-0.4, -0.2) is 22.7 Å². The molecule has 0 unspecified atom stereocenters. The number of carbonyl (C=O) groups is 1. The van der Waals surface area contributed by atoms with E-state index in [-0.39, 0.29) is 6.61 Å². The van der Waals surface area contributed by atoms with E-state index in [1.807, 2.05) is 31.2 Å². The smallest absolute Gasteiger partial charge is 0.341 e. The number of aromatic nitrogens is 1. The predicted octanol–water partition coefficient (Wildman–Crippen LogP) is 3.34. The number of carboxylic acids is 1. The molecule has 0 aliphatic heterocycles. The summed E-state index contributed by atoms with van der Waals surface area (Å²) in [6, 6.07) is 7.61. The number of nitrogens with zero attached hydrogens (tertiary/aromatic N) is 1. The molecule has 2 aromatic rings. The van der Waals surface area contributed by atoms with Crippen LogP contribution in [-0.2, 0) is 17.6 Å². The molecule has 5 heteroatoms. The average Bonchev–Trinajstić information content (AvgIpc) is 2.83. The van der Waals surface area contributed by atoms with Crippen LogP contribution in [0, 0.1) is 12.8 Å². The van der Waals surface area contributed by atoms with E-state index < -0.39 is 5.97 Å². The molecule has 1 N–H and O–H groups in total. The molecular weight excluding hydrogens is 286 g/mol. The molecule has 1 atom stereocenters. The molecule has 21 heavy (non-hydrogen) atoms. The average molecular weight is 305 g/mol. The van der Waals surface area contributed by atoms with Gasteiger partial charge in [0, 0.05) is 5.38 Å². The Hall–Kier alpha value is -1.88. The number of rotatable bonds is 7. The van der Waals surface area contributed by atoms with Gasteiger partial charge in [-0.25, -0.2) is 9.78 Å². The molecule has 1 aromatic heterocycles. The minimum atomic E-state index is -0.966. The van der Waals surface area contributed by atoms with E-state index in [4.69, 9.17) is 9.84 Å². The highest BCUT2D eigenvalue weighted by molar-refractivity contribution is 7.09. The van der Waals surface area contributed by atoms with Crippen molar-refractivity contribution in [2.75, 3.05) is 6.61 Å². The largest absolute Gasteiger partial charge is 0.482 e. The van der Waals surface area contributed by atoms with E-state index in [1.54, 1.807) is 11.3 Å². The first-order chi connectivity index (χ1) is 10.0. The minimum absolute atomic E-state index is 0.307. The number of benzene rings is 1. The zero-order valence-electron chi connectivity index (χ0n) is 12.2. The lowest BCUT2D eigenvalue weighted by molar-refractivity contribution is -0.139. The van der Waals surface area contributed by atoms with Crippen molar-refractivity contribution in [3.05, 3.63) is 45.9 Å². The van der Waals surface area contributed by atoms with E-state index in [0.717, 1.165) is 23.5 Å². The summed E-state index contributed by atoms with van der Waals surface area (Å²) in [5.41, 5.74) is 2.38. The highest BCUT2D eigenvalue weighted by Gasteiger charge is 2.08. The number of hydrogen-bond acceptors (Lipinski definition) is 4. The van der Waals surface area contributed by atoms with E-state index in [2.05, 4.69) is 17.3 Å². The topological polar surface area (TPSA) is 59.4 Å². The molecule has 0 aliphatic carbocycles. The molecular formula is C16H19NO3S. The maximum absolute atomic E-state index is 10.4. The lowest BCUT2D eigenvalue weighted by Crippen LogP contribution is -2.09. The number of aryl methyl sites for hydroxylation is 1. The van der Waals surface area contributed by atoms with E-state index in [1.165, 1.54) is 5.56 Å². The van der Waals surface area contributed by atoms with Gasteiger partial charge in [0.1, 0.15) is 5.75 Å². The van der Waals surface area contributed by atoms with Gasteiger partial charge in [-0.2, -0.15) is 0 Å². The molecule has 0 aliphatic rings.